The van der Waals surface area contributed by atoms with Crippen LogP contribution in [-0.4, -0.2) is 0 Å². The molecule has 0 unspecified atom stereocenters. The van der Waals surface area contributed by atoms with Crippen LogP contribution in [-0.2, 0) is 11.3 Å². The van der Waals surface area contributed by atoms with Gasteiger partial charge in [-0.25, -0.2) is 0 Å². The number of aryl methyl sites for hydroxylation is 1. The first-order chi connectivity index (χ1) is 6.33. The molecule has 0 heterocycles. The number of ether oxygens (including phenoxy) is 1. The Bertz CT molecular complexity index is 258. The summed E-state index contributed by atoms with van der Waals surface area (Å²) in [5, 5.41) is 8.11. The first kappa shape index (κ1) is 11.5. The van der Waals surface area contributed by atoms with Gasteiger partial charge in [-0.1, -0.05) is 43.7 Å². The van der Waals surface area contributed by atoms with Crippen LogP contribution in [0.2, 0.25) is 0 Å². The van der Waals surface area contributed by atoms with E-state index >= 15 is 0 Å². The molecular formula is C11H15NO. The largest absolute Gasteiger partial charge is 0.423 e. The molecule has 0 saturated heterocycles. The summed E-state index contributed by atoms with van der Waals surface area (Å²) in [5.74, 6) is 0. The number of hydrogen-bond donors (Lipinski definition) is 0. The third-order valence-electron chi connectivity index (χ3n) is 1.42. The van der Waals surface area contributed by atoms with E-state index in [1.165, 1.54) is 5.56 Å². The van der Waals surface area contributed by atoms with Gasteiger partial charge in [-0.3, -0.25) is 0 Å². The third kappa shape index (κ3) is 4.86. The molecule has 1 rings (SSSR count). The fraction of sp³-hybridized carbons (Fsp3) is 0.364. The lowest BCUT2D eigenvalue weighted by Gasteiger charge is -1.97. The molecular weight excluding hydrogens is 162 g/mol. The second kappa shape index (κ2) is 7.17. The minimum Gasteiger partial charge on any atom is -0.423 e. The second-order valence-electron chi connectivity index (χ2n) is 2.37. The van der Waals surface area contributed by atoms with Crippen molar-refractivity contribution < 1.29 is 4.74 Å². The number of nitriles is 1. The van der Waals surface area contributed by atoms with Crippen molar-refractivity contribution in [2.75, 3.05) is 0 Å². The Morgan fingerprint density at radius 1 is 1.23 bits per heavy atom. The van der Waals surface area contributed by atoms with Crippen molar-refractivity contribution in [3.63, 3.8) is 0 Å². The minimum atomic E-state index is 0.372. The number of benzene rings is 1. The first-order valence-electron chi connectivity index (χ1n) is 4.39. The zero-order valence-electron chi connectivity index (χ0n) is 8.37. The average molecular weight is 177 g/mol. The lowest BCUT2D eigenvalue weighted by molar-refractivity contribution is 0.257. The maximum absolute atomic E-state index is 8.11. The fourth-order valence-corrected chi connectivity index (χ4v) is 0.800. The predicted molar refractivity (Wildman–Crippen MR) is 52.9 cm³/mol. The van der Waals surface area contributed by atoms with Gasteiger partial charge in [-0.15, -0.1) is 0 Å². The summed E-state index contributed by atoms with van der Waals surface area (Å²) in [6.07, 6.45) is 1.63. The molecule has 2 nitrogen and oxygen atoms in total. The van der Waals surface area contributed by atoms with Gasteiger partial charge in [0.2, 0.25) is 0 Å². The van der Waals surface area contributed by atoms with Crippen molar-refractivity contribution in [3.8, 4) is 6.26 Å². The molecule has 0 radical (unpaired) electrons. The highest BCUT2D eigenvalue weighted by Gasteiger charge is 1.90. The van der Waals surface area contributed by atoms with E-state index in [4.69, 9.17) is 5.26 Å². The van der Waals surface area contributed by atoms with Crippen molar-refractivity contribution in [2.24, 2.45) is 0 Å². The van der Waals surface area contributed by atoms with Crippen LogP contribution in [0.3, 0.4) is 0 Å². The molecule has 1 aromatic rings. The molecule has 13 heavy (non-hydrogen) atoms. The summed E-state index contributed by atoms with van der Waals surface area (Å²) >= 11 is 0. The Kier molecular flexibility index (Phi) is 6.35. The summed E-state index contributed by atoms with van der Waals surface area (Å²) < 4.78 is 4.56. The van der Waals surface area contributed by atoms with Gasteiger partial charge >= 0.3 is 0 Å². The van der Waals surface area contributed by atoms with Crippen LogP contribution in [0, 0.1) is 18.4 Å². The highest BCUT2D eigenvalue weighted by molar-refractivity contribution is 5.20. The molecule has 1 aromatic carbocycles. The van der Waals surface area contributed by atoms with E-state index < -0.39 is 0 Å². The van der Waals surface area contributed by atoms with Gasteiger partial charge < -0.3 is 4.74 Å². The van der Waals surface area contributed by atoms with Gasteiger partial charge in [0.05, 0.1) is 0 Å². The van der Waals surface area contributed by atoms with E-state index in [9.17, 15) is 0 Å². The van der Waals surface area contributed by atoms with Gasteiger partial charge in [0.25, 0.3) is 6.26 Å². The van der Waals surface area contributed by atoms with Crippen LogP contribution in [0.4, 0.5) is 0 Å². The quantitative estimate of drug-likeness (QED) is 0.650. The lowest BCUT2D eigenvalue weighted by atomic mass is 10.2. The van der Waals surface area contributed by atoms with E-state index in [0.717, 1.165) is 5.56 Å². The van der Waals surface area contributed by atoms with Crippen LogP contribution >= 0.6 is 0 Å². The molecule has 0 amide bonds. The predicted octanol–water partition coefficient (Wildman–Crippen LogP) is 3.02. The Hall–Kier alpha value is -1.49. The van der Waals surface area contributed by atoms with Crippen molar-refractivity contribution in [3.05, 3.63) is 35.4 Å². The summed E-state index contributed by atoms with van der Waals surface area (Å²) in [7, 11) is 0. The van der Waals surface area contributed by atoms with Crippen molar-refractivity contribution >= 4 is 0 Å². The van der Waals surface area contributed by atoms with Crippen molar-refractivity contribution in [1.29, 1.82) is 5.26 Å². The highest BCUT2D eigenvalue weighted by Crippen LogP contribution is 2.03. The van der Waals surface area contributed by atoms with Crippen molar-refractivity contribution in [2.45, 2.75) is 27.4 Å². The smallest absolute Gasteiger partial charge is 0.286 e. The van der Waals surface area contributed by atoms with Gasteiger partial charge in [0, 0.05) is 0 Å². The Morgan fingerprint density at radius 2 is 1.77 bits per heavy atom. The topological polar surface area (TPSA) is 33.0 Å². The molecule has 0 atom stereocenters. The van der Waals surface area contributed by atoms with Crippen LogP contribution < -0.4 is 0 Å². The summed E-state index contributed by atoms with van der Waals surface area (Å²) in [5.41, 5.74) is 2.24. The molecule has 0 N–H and O–H groups in total. The fourth-order valence-electron chi connectivity index (χ4n) is 0.800. The SMILES string of the molecule is CC.Cc1ccc(COC#N)cc1. The summed E-state index contributed by atoms with van der Waals surface area (Å²) in [4.78, 5) is 0. The molecule has 0 aliphatic heterocycles. The monoisotopic (exact) mass is 177 g/mol. The average Bonchev–Trinajstić information content (AvgIpc) is 2.20. The lowest BCUT2D eigenvalue weighted by Crippen LogP contribution is -1.85. The van der Waals surface area contributed by atoms with Gasteiger partial charge in [-0.2, -0.15) is 5.26 Å². The van der Waals surface area contributed by atoms with E-state index in [0.29, 0.717) is 6.61 Å². The Balaban J connectivity index is 0.000000671. The molecule has 0 spiro atoms. The van der Waals surface area contributed by atoms with Gasteiger partial charge in [0.1, 0.15) is 6.61 Å². The van der Waals surface area contributed by atoms with Gasteiger partial charge in [0.15, 0.2) is 0 Å². The Labute approximate surface area is 79.8 Å². The van der Waals surface area contributed by atoms with E-state index in [1.54, 1.807) is 6.26 Å². The van der Waals surface area contributed by atoms with Gasteiger partial charge in [-0.05, 0) is 12.5 Å². The first-order valence-corrected chi connectivity index (χ1v) is 4.39. The van der Waals surface area contributed by atoms with E-state index in [2.05, 4.69) is 4.74 Å². The number of nitrogens with zero attached hydrogens (tertiary/aromatic N) is 1. The molecule has 0 saturated carbocycles. The standard InChI is InChI=1S/C9H9NO.C2H6/c1-8-2-4-9(5-3-8)6-11-7-10;1-2/h2-5H,6H2,1H3;1-2H3. The minimum absolute atomic E-state index is 0.372. The maximum atomic E-state index is 8.11. The second-order valence-corrected chi connectivity index (χ2v) is 2.37. The molecule has 0 aliphatic carbocycles. The zero-order valence-corrected chi connectivity index (χ0v) is 8.37. The maximum Gasteiger partial charge on any atom is 0.286 e. The van der Waals surface area contributed by atoms with E-state index in [1.807, 2.05) is 45.0 Å². The molecule has 0 bridgehead atoms. The zero-order chi connectivity index (χ0) is 10.1. The third-order valence-corrected chi connectivity index (χ3v) is 1.42. The number of rotatable bonds is 2. The molecule has 2 heteroatoms. The number of hydrogen-bond acceptors (Lipinski definition) is 2. The summed E-state index contributed by atoms with van der Waals surface area (Å²) in [6.45, 7) is 6.39. The van der Waals surface area contributed by atoms with Crippen LogP contribution in [0.1, 0.15) is 25.0 Å². The van der Waals surface area contributed by atoms with Crippen LogP contribution in [0.25, 0.3) is 0 Å². The molecule has 0 aromatic heterocycles. The summed E-state index contributed by atoms with van der Waals surface area (Å²) in [6, 6.07) is 7.89. The molecule has 70 valence electrons. The van der Waals surface area contributed by atoms with Crippen LogP contribution in [0.15, 0.2) is 24.3 Å². The molecule has 0 fully saturated rings. The van der Waals surface area contributed by atoms with E-state index in [-0.39, 0.29) is 0 Å². The van der Waals surface area contributed by atoms with Crippen molar-refractivity contribution in [1.82, 2.24) is 0 Å². The Morgan fingerprint density at radius 3 is 2.23 bits per heavy atom. The normalized spacial score (nSPS) is 7.85. The van der Waals surface area contributed by atoms with Crippen LogP contribution in [0.5, 0.6) is 0 Å². The highest BCUT2D eigenvalue weighted by atomic mass is 16.5. The molecule has 0 aliphatic rings.